The van der Waals surface area contributed by atoms with Crippen molar-refractivity contribution in [2.24, 2.45) is 0 Å². The summed E-state index contributed by atoms with van der Waals surface area (Å²) in [5.41, 5.74) is 2.65. The van der Waals surface area contributed by atoms with E-state index in [0.29, 0.717) is 18.6 Å². The molecule has 0 spiro atoms. The number of carbonyl (C=O) groups is 2. The second-order valence-corrected chi connectivity index (χ2v) is 11.8. The van der Waals surface area contributed by atoms with Crippen LogP contribution in [0.15, 0.2) is 29.2 Å². The van der Waals surface area contributed by atoms with Crippen LogP contribution in [0.25, 0.3) is 0 Å². The highest BCUT2D eigenvalue weighted by molar-refractivity contribution is 7.07. The largest absolute Gasteiger partial charge is 0.508 e. The van der Waals surface area contributed by atoms with Crippen LogP contribution < -0.4 is 4.57 Å². The molecule has 1 aromatic rings. The Balaban J connectivity index is 1.80. The van der Waals surface area contributed by atoms with E-state index in [2.05, 4.69) is 35.2 Å². The monoisotopic (exact) mass is 580 g/mol. The Kier molecular flexibility index (Phi) is 24.7. The molecule has 7 heteroatoms. The first-order valence-electron chi connectivity index (χ1n) is 16.1. The highest BCUT2D eigenvalue weighted by atomic mass is 32.1. The van der Waals surface area contributed by atoms with Gasteiger partial charge in [-0.2, -0.15) is 4.57 Å². The van der Waals surface area contributed by atoms with Gasteiger partial charge in [-0.15, -0.1) is 0 Å². The van der Waals surface area contributed by atoms with Crippen molar-refractivity contribution in [2.75, 3.05) is 19.8 Å². The molecule has 0 unspecified atom stereocenters. The zero-order valence-electron chi connectivity index (χ0n) is 25.5. The lowest BCUT2D eigenvalue weighted by Crippen LogP contribution is -2.29. The number of nitrogens with zero attached hydrogens (tertiary/aromatic N) is 1. The van der Waals surface area contributed by atoms with Crippen molar-refractivity contribution in [3.05, 3.63) is 29.2 Å². The molecule has 0 saturated carbocycles. The summed E-state index contributed by atoms with van der Waals surface area (Å²) in [7, 11) is 0. The number of ether oxygens (including phenoxy) is 3. The number of carbonyl (C=O) groups excluding carboxylic acids is 2. The second-order valence-electron chi connectivity index (χ2n) is 11.0. The molecule has 0 atom stereocenters. The number of rotatable bonds is 28. The lowest BCUT2D eigenvalue weighted by molar-refractivity contribution is -0.692. The fourth-order valence-electron chi connectivity index (χ4n) is 4.61. The number of aromatic nitrogens is 1. The predicted molar refractivity (Wildman–Crippen MR) is 165 cm³/mol. The maximum Gasteiger partial charge on any atom is 0.508 e. The quantitative estimate of drug-likeness (QED) is 0.0427. The summed E-state index contributed by atoms with van der Waals surface area (Å²) in [5, 5.41) is 2.07. The van der Waals surface area contributed by atoms with Gasteiger partial charge in [0.1, 0.15) is 19.8 Å². The van der Waals surface area contributed by atoms with Gasteiger partial charge in [0.2, 0.25) is 5.51 Å². The van der Waals surface area contributed by atoms with Gasteiger partial charge in [-0.3, -0.25) is 4.79 Å². The first-order valence-corrected chi connectivity index (χ1v) is 17.1. The molecular formula is C33H58NO5S+. The molecular weight excluding hydrogens is 522 g/mol. The topological polar surface area (TPSA) is 65.7 Å². The van der Waals surface area contributed by atoms with E-state index >= 15 is 0 Å². The fraction of sp³-hybridized carbons (Fsp3) is 0.788. The van der Waals surface area contributed by atoms with Crippen LogP contribution in [-0.4, -0.2) is 31.9 Å². The van der Waals surface area contributed by atoms with Crippen molar-refractivity contribution in [3.8, 4) is 0 Å². The van der Waals surface area contributed by atoms with Gasteiger partial charge in [0.05, 0.1) is 12.0 Å². The third-order valence-corrected chi connectivity index (χ3v) is 7.79. The Morgan fingerprint density at radius 1 is 0.675 bits per heavy atom. The van der Waals surface area contributed by atoms with Crippen LogP contribution in [0.4, 0.5) is 4.79 Å². The van der Waals surface area contributed by atoms with Crippen molar-refractivity contribution in [2.45, 2.75) is 148 Å². The minimum absolute atomic E-state index is 0.00528. The smallest absolute Gasteiger partial charge is 0.461 e. The van der Waals surface area contributed by atoms with E-state index in [9.17, 15) is 9.59 Å². The maximum atomic E-state index is 11.9. The van der Waals surface area contributed by atoms with E-state index in [1.165, 1.54) is 89.9 Å². The lowest BCUT2D eigenvalue weighted by atomic mass is 10.0. The number of aryl methyl sites for hydroxylation is 1. The Morgan fingerprint density at radius 3 is 1.77 bits per heavy atom. The molecule has 1 heterocycles. The lowest BCUT2D eigenvalue weighted by Gasteiger charge is -2.09. The van der Waals surface area contributed by atoms with Gasteiger partial charge in [0, 0.05) is 12.8 Å². The number of unbranched alkanes of at least 4 members (excludes halogenated alkanes) is 18. The zero-order chi connectivity index (χ0) is 28.9. The first kappa shape index (κ1) is 36.1. The van der Waals surface area contributed by atoms with Gasteiger partial charge < -0.3 is 14.2 Å². The third kappa shape index (κ3) is 24.0. The average molecular weight is 581 g/mol. The first-order chi connectivity index (χ1) is 19.6. The normalized spacial score (nSPS) is 10.9. The van der Waals surface area contributed by atoms with Crippen LogP contribution in [0.3, 0.4) is 0 Å². The molecule has 0 radical (unpaired) electrons. The van der Waals surface area contributed by atoms with E-state index in [1.54, 1.807) is 11.3 Å². The molecule has 1 rings (SSSR count). The van der Waals surface area contributed by atoms with Gasteiger partial charge in [-0.1, -0.05) is 128 Å². The van der Waals surface area contributed by atoms with Crippen LogP contribution in [0.5, 0.6) is 0 Å². The van der Waals surface area contributed by atoms with E-state index in [4.69, 9.17) is 14.2 Å². The van der Waals surface area contributed by atoms with E-state index in [-0.39, 0.29) is 19.2 Å². The highest BCUT2D eigenvalue weighted by Gasteiger charge is 2.08. The SMILES string of the molecule is C=C(COC(=O)CCCCCC[n+]1ccsc1)COC(=O)OCCCCCCCCCCCCCCCCCC. The van der Waals surface area contributed by atoms with E-state index in [0.717, 1.165) is 45.1 Å². The molecule has 0 fully saturated rings. The minimum Gasteiger partial charge on any atom is -0.461 e. The van der Waals surface area contributed by atoms with Crippen LogP contribution in [0.1, 0.15) is 142 Å². The fourth-order valence-corrected chi connectivity index (χ4v) is 5.24. The van der Waals surface area contributed by atoms with E-state index in [1.807, 2.05) is 0 Å². The Bertz CT molecular complexity index is 737. The van der Waals surface area contributed by atoms with Crippen molar-refractivity contribution in [1.82, 2.24) is 0 Å². The van der Waals surface area contributed by atoms with Gasteiger partial charge in [-0.05, 0) is 24.8 Å². The minimum atomic E-state index is -0.686. The molecule has 0 bridgehead atoms. The molecule has 0 aliphatic heterocycles. The predicted octanol–water partition coefficient (Wildman–Crippen LogP) is 9.50. The number of hydrogen-bond acceptors (Lipinski definition) is 6. The third-order valence-electron chi connectivity index (χ3n) is 7.12. The second kappa shape index (κ2) is 27.3. The highest BCUT2D eigenvalue weighted by Crippen LogP contribution is 2.14. The van der Waals surface area contributed by atoms with Crippen molar-refractivity contribution in [3.63, 3.8) is 0 Å². The summed E-state index contributed by atoms with van der Waals surface area (Å²) in [6.07, 6.45) is 26.8. The number of thiazole rings is 1. The molecule has 0 aliphatic rings. The summed E-state index contributed by atoms with van der Waals surface area (Å²) in [6.45, 7) is 7.57. The van der Waals surface area contributed by atoms with Crippen LogP contribution in [-0.2, 0) is 25.5 Å². The van der Waals surface area contributed by atoms with E-state index < -0.39 is 6.16 Å². The molecule has 0 amide bonds. The summed E-state index contributed by atoms with van der Waals surface area (Å²) >= 11 is 1.70. The van der Waals surface area contributed by atoms with Gasteiger partial charge in [0.15, 0.2) is 6.20 Å². The summed E-state index contributed by atoms with van der Waals surface area (Å²) < 4.78 is 17.6. The number of esters is 1. The molecule has 6 nitrogen and oxygen atoms in total. The molecule has 0 saturated heterocycles. The van der Waals surface area contributed by atoms with Crippen molar-refractivity contribution in [1.29, 1.82) is 0 Å². The molecule has 0 N–H and O–H groups in total. The Morgan fingerprint density at radius 2 is 1.20 bits per heavy atom. The zero-order valence-corrected chi connectivity index (χ0v) is 26.3. The van der Waals surface area contributed by atoms with Crippen molar-refractivity contribution >= 4 is 23.5 Å². The number of hydrogen-bond donors (Lipinski definition) is 0. The summed E-state index contributed by atoms with van der Waals surface area (Å²) in [5.74, 6) is -0.237. The Hall–Kier alpha value is -1.89. The standard InChI is InChI=1S/C33H58NO5S/c1-3-4-5-6-7-8-9-10-11-12-13-14-15-16-19-22-26-37-33(36)39-29-31(2)28-38-32(35)23-20-17-18-21-24-34-25-27-40-30-34/h25,27,30H,2-24,26,28-29H2,1H3/q+1. The van der Waals surface area contributed by atoms with Gasteiger partial charge in [0.25, 0.3) is 0 Å². The summed E-state index contributed by atoms with van der Waals surface area (Å²) in [4.78, 5) is 23.6. The molecule has 230 valence electrons. The maximum absolute atomic E-state index is 11.9. The Labute approximate surface area is 248 Å². The molecule has 1 aromatic heterocycles. The van der Waals surface area contributed by atoms with Crippen LogP contribution >= 0.6 is 11.3 Å². The summed E-state index contributed by atoms with van der Waals surface area (Å²) in [6, 6.07) is 0. The van der Waals surface area contributed by atoms with Crippen molar-refractivity contribution < 1.29 is 28.4 Å². The van der Waals surface area contributed by atoms with Crippen LogP contribution in [0.2, 0.25) is 0 Å². The van der Waals surface area contributed by atoms with Gasteiger partial charge in [-0.25, -0.2) is 4.79 Å². The molecule has 0 aliphatic carbocycles. The average Bonchev–Trinajstić information content (AvgIpc) is 3.48. The van der Waals surface area contributed by atoms with Gasteiger partial charge >= 0.3 is 12.1 Å². The molecule has 0 aromatic carbocycles. The molecule has 40 heavy (non-hydrogen) atoms. The van der Waals surface area contributed by atoms with Crippen LogP contribution in [0, 0.1) is 0 Å².